The summed E-state index contributed by atoms with van der Waals surface area (Å²) in [5, 5.41) is 2.65. The molecule has 0 aliphatic heterocycles. The van der Waals surface area contributed by atoms with Crippen LogP contribution in [-0.2, 0) is 11.3 Å². The van der Waals surface area contributed by atoms with E-state index in [4.69, 9.17) is 0 Å². The Morgan fingerprint density at radius 2 is 2.58 bits per heavy atom. The van der Waals surface area contributed by atoms with Crippen LogP contribution in [0.15, 0.2) is 18.5 Å². The average molecular weight is 162 g/mol. The molecule has 0 saturated heterocycles. The second-order valence-corrected chi connectivity index (χ2v) is 2.28. The molecule has 0 spiro atoms. The van der Waals surface area contributed by atoms with Gasteiger partial charge in [0.05, 0.1) is 0 Å². The predicted molar refractivity (Wildman–Crippen MR) is 46.1 cm³/mol. The maximum Gasteiger partial charge on any atom is 0.296 e. The van der Waals surface area contributed by atoms with Gasteiger partial charge in [0.25, 0.3) is 5.91 Å². The van der Waals surface area contributed by atoms with Gasteiger partial charge in [-0.15, -0.1) is 0 Å². The minimum Gasteiger partial charge on any atom is -0.367 e. The summed E-state index contributed by atoms with van der Waals surface area (Å²) >= 11 is 0. The van der Waals surface area contributed by atoms with E-state index in [1.807, 2.05) is 18.5 Å². The lowest BCUT2D eigenvalue weighted by Crippen LogP contribution is -2.20. The molecule has 0 aromatic carbocycles. The molecule has 1 amide bonds. The molecule has 0 aliphatic carbocycles. The summed E-state index contributed by atoms with van der Waals surface area (Å²) in [4.78, 5) is 13.7. The van der Waals surface area contributed by atoms with Crippen LogP contribution in [0.4, 0.5) is 0 Å². The number of aromatic nitrogens is 1. The highest BCUT2D eigenvalue weighted by molar-refractivity contribution is 5.93. The molecule has 0 fully saturated rings. The summed E-state index contributed by atoms with van der Waals surface area (Å²) in [7, 11) is 0. The van der Waals surface area contributed by atoms with E-state index in [0.29, 0.717) is 6.54 Å². The normalized spacial score (nSPS) is 8.42. The summed E-state index contributed by atoms with van der Waals surface area (Å²) in [6.45, 7) is 2.16. The summed E-state index contributed by atoms with van der Waals surface area (Å²) in [6.07, 6.45) is 3.65. The molecule has 3 heteroatoms. The third-order valence-electron chi connectivity index (χ3n) is 1.35. The summed E-state index contributed by atoms with van der Waals surface area (Å²) in [6, 6.07) is 1.90. The third-order valence-corrected chi connectivity index (χ3v) is 1.35. The smallest absolute Gasteiger partial charge is 0.296 e. The molecule has 1 aromatic heterocycles. The van der Waals surface area contributed by atoms with Crippen molar-refractivity contribution in [2.24, 2.45) is 0 Å². The van der Waals surface area contributed by atoms with Crippen LogP contribution in [0.25, 0.3) is 0 Å². The molecule has 2 N–H and O–H groups in total. The van der Waals surface area contributed by atoms with E-state index in [1.54, 1.807) is 6.92 Å². The SMILES string of the molecule is CC#CC(=O)NCc1cc[nH]c1. The number of carbonyl (C=O) groups is 1. The lowest BCUT2D eigenvalue weighted by Gasteiger charge is -1.95. The van der Waals surface area contributed by atoms with E-state index in [0.717, 1.165) is 5.56 Å². The number of hydrogen-bond acceptors (Lipinski definition) is 1. The Morgan fingerprint density at radius 1 is 1.75 bits per heavy atom. The van der Waals surface area contributed by atoms with Crippen molar-refractivity contribution in [3.05, 3.63) is 24.0 Å². The Bertz CT molecular complexity index is 303. The highest BCUT2D eigenvalue weighted by Crippen LogP contribution is 1.93. The maximum atomic E-state index is 10.8. The lowest BCUT2D eigenvalue weighted by atomic mass is 10.3. The van der Waals surface area contributed by atoms with Crippen molar-refractivity contribution in [1.29, 1.82) is 0 Å². The zero-order chi connectivity index (χ0) is 8.81. The van der Waals surface area contributed by atoms with Gasteiger partial charge < -0.3 is 10.3 Å². The molecular weight excluding hydrogens is 152 g/mol. The first-order chi connectivity index (χ1) is 5.83. The number of amides is 1. The van der Waals surface area contributed by atoms with Crippen LogP contribution in [0.3, 0.4) is 0 Å². The first-order valence-corrected chi connectivity index (χ1v) is 3.65. The Balaban J connectivity index is 2.35. The van der Waals surface area contributed by atoms with E-state index < -0.39 is 0 Å². The van der Waals surface area contributed by atoms with Gasteiger partial charge in [0.2, 0.25) is 0 Å². The molecule has 3 nitrogen and oxygen atoms in total. The van der Waals surface area contributed by atoms with Crippen molar-refractivity contribution < 1.29 is 4.79 Å². The molecular formula is C9H10N2O. The van der Waals surface area contributed by atoms with Crippen molar-refractivity contribution >= 4 is 5.91 Å². The molecule has 1 heterocycles. The Labute approximate surface area is 71.2 Å². The monoisotopic (exact) mass is 162 g/mol. The fourth-order valence-corrected chi connectivity index (χ4v) is 0.808. The van der Waals surface area contributed by atoms with E-state index in [9.17, 15) is 4.79 Å². The van der Waals surface area contributed by atoms with Gasteiger partial charge in [-0.25, -0.2) is 0 Å². The van der Waals surface area contributed by atoms with Gasteiger partial charge in [-0.05, 0) is 24.5 Å². The predicted octanol–water partition coefficient (Wildman–Crippen LogP) is 0.654. The topological polar surface area (TPSA) is 44.9 Å². The first kappa shape index (κ1) is 8.41. The molecule has 0 unspecified atom stereocenters. The fraction of sp³-hybridized carbons (Fsp3) is 0.222. The number of hydrogen-bond donors (Lipinski definition) is 2. The van der Waals surface area contributed by atoms with Gasteiger partial charge in [-0.2, -0.15) is 0 Å². The van der Waals surface area contributed by atoms with Crippen LogP contribution >= 0.6 is 0 Å². The van der Waals surface area contributed by atoms with Crippen LogP contribution in [0.1, 0.15) is 12.5 Å². The molecule has 0 aliphatic rings. The van der Waals surface area contributed by atoms with E-state index >= 15 is 0 Å². The van der Waals surface area contributed by atoms with Crippen LogP contribution in [-0.4, -0.2) is 10.9 Å². The van der Waals surface area contributed by atoms with Crippen molar-refractivity contribution in [1.82, 2.24) is 10.3 Å². The Kier molecular flexibility index (Phi) is 2.97. The highest BCUT2D eigenvalue weighted by Gasteiger charge is 1.95. The quantitative estimate of drug-likeness (QED) is 0.616. The van der Waals surface area contributed by atoms with Gasteiger partial charge in [0, 0.05) is 18.9 Å². The molecule has 0 radical (unpaired) electrons. The van der Waals surface area contributed by atoms with Gasteiger partial charge in [-0.3, -0.25) is 4.79 Å². The van der Waals surface area contributed by atoms with Crippen molar-refractivity contribution in [3.8, 4) is 11.8 Å². The fourth-order valence-electron chi connectivity index (χ4n) is 0.808. The first-order valence-electron chi connectivity index (χ1n) is 3.65. The second kappa shape index (κ2) is 4.24. The Morgan fingerprint density at radius 3 is 3.17 bits per heavy atom. The molecule has 0 saturated carbocycles. The second-order valence-electron chi connectivity index (χ2n) is 2.28. The maximum absolute atomic E-state index is 10.8. The van der Waals surface area contributed by atoms with E-state index in [-0.39, 0.29) is 5.91 Å². The van der Waals surface area contributed by atoms with Crippen molar-refractivity contribution in [3.63, 3.8) is 0 Å². The standard InChI is InChI=1S/C9H10N2O/c1-2-3-9(12)11-7-8-4-5-10-6-8/h4-6,10H,7H2,1H3,(H,11,12). The molecule has 12 heavy (non-hydrogen) atoms. The van der Waals surface area contributed by atoms with Crippen molar-refractivity contribution in [2.45, 2.75) is 13.5 Å². The molecule has 1 aromatic rings. The molecule has 0 bridgehead atoms. The van der Waals surface area contributed by atoms with Crippen LogP contribution in [0, 0.1) is 11.8 Å². The minimum absolute atomic E-state index is 0.237. The molecule has 62 valence electrons. The van der Waals surface area contributed by atoms with Crippen LogP contribution in [0.2, 0.25) is 0 Å². The molecule has 1 rings (SSSR count). The van der Waals surface area contributed by atoms with Gasteiger partial charge in [0.1, 0.15) is 0 Å². The number of carbonyl (C=O) groups excluding carboxylic acids is 1. The third kappa shape index (κ3) is 2.51. The minimum atomic E-state index is -0.237. The van der Waals surface area contributed by atoms with Gasteiger partial charge >= 0.3 is 0 Å². The van der Waals surface area contributed by atoms with Crippen molar-refractivity contribution in [2.75, 3.05) is 0 Å². The zero-order valence-corrected chi connectivity index (χ0v) is 6.85. The van der Waals surface area contributed by atoms with E-state index in [2.05, 4.69) is 22.1 Å². The number of aromatic amines is 1. The zero-order valence-electron chi connectivity index (χ0n) is 6.85. The number of H-pyrrole nitrogens is 1. The molecule has 0 atom stereocenters. The largest absolute Gasteiger partial charge is 0.367 e. The lowest BCUT2D eigenvalue weighted by molar-refractivity contribution is -0.115. The summed E-state index contributed by atoms with van der Waals surface area (Å²) in [5.41, 5.74) is 1.04. The van der Waals surface area contributed by atoms with Crippen LogP contribution < -0.4 is 5.32 Å². The number of rotatable bonds is 2. The van der Waals surface area contributed by atoms with E-state index in [1.165, 1.54) is 0 Å². The Hall–Kier alpha value is -1.69. The summed E-state index contributed by atoms with van der Waals surface area (Å²) < 4.78 is 0. The average Bonchev–Trinajstić information content (AvgIpc) is 2.53. The highest BCUT2D eigenvalue weighted by atomic mass is 16.1. The van der Waals surface area contributed by atoms with Gasteiger partial charge in [-0.1, -0.05) is 5.92 Å². The summed E-state index contributed by atoms with van der Waals surface area (Å²) in [5.74, 6) is 4.69. The van der Waals surface area contributed by atoms with Crippen LogP contribution in [0.5, 0.6) is 0 Å². The number of nitrogens with one attached hydrogen (secondary N) is 2. The van der Waals surface area contributed by atoms with Gasteiger partial charge in [0.15, 0.2) is 0 Å².